The minimum absolute atomic E-state index is 0.924. The molecule has 0 N–H and O–H groups in total. The molecule has 0 saturated carbocycles. The summed E-state index contributed by atoms with van der Waals surface area (Å²) in [6.07, 6.45) is 4.30. The van der Waals surface area contributed by atoms with E-state index < -0.39 is 0 Å². The Kier molecular flexibility index (Phi) is 3.76. The highest BCUT2D eigenvalue weighted by Gasteiger charge is 2.19. The molecule has 4 rings (SSSR count). The Labute approximate surface area is 136 Å². The predicted molar refractivity (Wildman–Crippen MR) is 94.4 cm³/mol. The minimum atomic E-state index is 0.924. The summed E-state index contributed by atoms with van der Waals surface area (Å²) in [5.74, 6) is 1.08. The molecule has 0 radical (unpaired) electrons. The average molecular weight is 301 g/mol. The summed E-state index contributed by atoms with van der Waals surface area (Å²) in [7, 11) is 0. The van der Waals surface area contributed by atoms with Gasteiger partial charge in [-0.15, -0.1) is 0 Å². The monoisotopic (exact) mass is 301 g/mol. The van der Waals surface area contributed by atoms with E-state index in [0.29, 0.717) is 0 Å². The van der Waals surface area contributed by atoms with Crippen molar-refractivity contribution in [2.45, 2.75) is 12.8 Å². The molecule has 3 nitrogen and oxygen atoms in total. The predicted octanol–water partition coefficient (Wildman–Crippen LogP) is 4.41. The van der Waals surface area contributed by atoms with E-state index in [-0.39, 0.29) is 0 Å². The molecule has 0 unspecified atom stereocenters. The van der Waals surface area contributed by atoms with Crippen molar-refractivity contribution in [3.63, 3.8) is 0 Å². The van der Waals surface area contributed by atoms with Gasteiger partial charge in [-0.25, -0.2) is 4.98 Å². The standard InChI is InChI=1S/C20H19N3/c1-2-8-16(9-3-1)17-11-12-19(18-10-4-5-13-21-18)22-20(17)23-14-6-7-15-23/h1-5,8-13H,6-7,14-15H2. The first-order valence-electron chi connectivity index (χ1n) is 8.15. The van der Waals surface area contributed by atoms with Gasteiger partial charge in [-0.2, -0.15) is 0 Å². The van der Waals surface area contributed by atoms with Crippen LogP contribution in [0.15, 0.2) is 66.9 Å². The van der Waals surface area contributed by atoms with Gasteiger partial charge in [0.25, 0.3) is 0 Å². The third kappa shape index (κ3) is 2.82. The van der Waals surface area contributed by atoms with Crippen molar-refractivity contribution in [1.29, 1.82) is 0 Å². The molecule has 3 aromatic rings. The van der Waals surface area contributed by atoms with Gasteiger partial charge in [0.1, 0.15) is 5.82 Å². The van der Waals surface area contributed by atoms with E-state index in [1.54, 1.807) is 0 Å². The molecular formula is C20H19N3. The second-order valence-electron chi connectivity index (χ2n) is 5.84. The topological polar surface area (TPSA) is 29.0 Å². The van der Waals surface area contributed by atoms with E-state index in [1.807, 2.05) is 24.4 Å². The van der Waals surface area contributed by atoms with E-state index in [0.717, 1.165) is 30.3 Å². The summed E-state index contributed by atoms with van der Waals surface area (Å²) in [5, 5.41) is 0. The lowest BCUT2D eigenvalue weighted by atomic mass is 10.1. The van der Waals surface area contributed by atoms with E-state index in [2.05, 4.69) is 52.3 Å². The molecule has 114 valence electrons. The number of aromatic nitrogens is 2. The second kappa shape index (κ2) is 6.21. The Hall–Kier alpha value is -2.68. The second-order valence-corrected chi connectivity index (χ2v) is 5.84. The van der Waals surface area contributed by atoms with Gasteiger partial charge in [-0.05, 0) is 42.7 Å². The van der Waals surface area contributed by atoms with Crippen molar-refractivity contribution in [3.05, 3.63) is 66.9 Å². The molecule has 3 heteroatoms. The third-order valence-corrected chi connectivity index (χ3v) is 4.29. The quantitative estimate of drug-likeness (QED) is 0.717. The number of anilines is 1. The van der Waals surface area contributed by atoms with Gasteiger partial charge in [0, 0.05) is 24.8 Å². The Morgan fingerprint density at radius 1 is 0.739 bits per heavy atom. The van der Waals surface area contributed by atoms with Crippen molar-refractivity contribution in [2.24, 2.45) is 0 Å². The van der Waals surface area contributed by atoms with Gasteiger partial charge in [0.2, 0.25) is 0 Å². The summed E-state index contributed by atoms with van der Waals surface area (Å²) in [6, 6.07) is 20.7. The lowest BCUT2D eigenvalue weighted by Crippen LogP contribution is -2.20. The fourth-order valence-electron chi connectivity index (χ4n) is 3.12. The van der Waals surface area contributed by atoms with E-state index in [4.69, 9.17) is 4.98 Å². The SMILES string of the molecule is c1ccc(-c2ccc(-c3ccccn3)nc2N2CCCC2)cc1. The van der Waals surface area contributed by atoms with Gasteiger partial charge >= 0.3 is 0 Å². The number of benzene rings is 1. The maximum atomic E-state index is 4.96. The smallest absolute Gasteiger partial charge is 0.137 e. The minimum Gasteiger partial charge on any atom is -0.356 e. The van der Waals surface area contributed by atoms with Crippen LogP contribution in [0.4, 0.5) is 5.82 Å². The molecule has 1 aliphatic rings. The average Bonchev–Trinajstić information content (AvgIpc) is 3.17. The van der Waals surface area contributed by atoms with Crippen LogP contribution in [0.1, 0.15) is 12.8 Å². The zero-order valence-corrected chi connectivity index (χ0v) is 13.0. The van der Waals surface area contributed by atoms with E-state index in [9.17, 15) is 0 Å². The molecule has 0 bridgehead atoms. The first kappa shape index (κ1) is 13.9. The molecule has 0 aliphatic carbocycles. The molecule has 2 aromatic heterocycles. The highest BCUT2D eigenvalue weighted by atomic mass is 15.2. The normalized spacial score (nSPS) is 14.2. The van der Waals surface area contributed by atoms with Crippen LogP contribution in [-0.4, -0.2) is 23.1 Å². The zero-order valence-electron chi connectivity index (χ0n) is 13.0. The maximum Gasteiger partial charge on any atom is 0.137 e. The van der Waals surface area contributed by atoms with Crippen molar-refractivity contribution in [1.82, 2.24) is 9.97 Å². The Morgan fingerprint density at radius 3 is 2.26 bits per heavy atom. The highest BCUT2D eigenvalue weighted by molar-refractivity contribution is 5.78. The first-order valence-corrected chi connectivity index (χ1v) is 8.15. The summed E-state index contributed by atoms with van der Waals surface area (Å²) in [6.45, 7) is 2.16. The zero-order chi connectivity index (χ0) is 15.5. The summed E-state index contributed by atoms with van der Waals surface area (Å²) < 4.78 is 0. The summed E-state index contributed by atoms with van der Waals surface area (Å²) >= 11 is 0. The molecule has 3 heterocycles. The summed E-state index contributed by atoms with van der Waals surface area (Å²) in [4.78, 5) is 11.8. The Bertz CT molecular complexity index is 778. The molecule has 1 saturated heterocycles. The third-order valence-electron chi connectivity index (χ3n) is 4.29. The van der Waals surface area contributed by atoms with Crippen LogP contribution in [0, 0.1) is 0 Å². The highest BCUT2D eigenvalue weighted by Crippen LogP contribution is 2.33. The van der Waals surface area contributed by atoms with Crippen molar-refractivity contribution < 1.29 is 0 Å². The maximum absolute atomic E-state index is 4.96. The molecular weight excluding hydrogens is 282 g/mol. The van der Waals surface area contributed by atoms with Gasteiger partial charge in [0.05, 0.1) is 11.4 Å². The molecule has 23 heavy (non-hydrogen) atoms. The lowest BCUT2D eigenvalue weighted by Gasteiger charge is -2.21. The Balaban J connectivity index is 1.83. The number of nitrogens with zero attached hydrogens (tertiary/aromatic N) is 3. The first-order chi connectivity index (χ1) is 11.4. The van der Waals surface area contributed by atoms with Crippen molar-refractivity contribution in [2.75, 3.05) is 18.0 Å². The molecule has 1 fully saturated rings. The largest absolute Gasteiger partial charge is 0.356 e. The molecule has 0 spiro atoms. The van der Waals surface area contributed by atoms with Gasteiger partial charge in [0.15, 0.2) is 0 Å². The molecule has 0 atom stereocenters. The fourth-order valence-corrected chi connectivity index (χ4v) is 3.12. The number of hydrogen-bond acceptors (Lipinski definition) is 3. The van der Waals surface area contributed by atoms with Crippen LogP contribution < -0.4 is 4.90 Å². The van der Waals surface area contributed by atoms with Crippen molar-refractivity contribution in [3.8, 4) is 22.5 Å². The van der Waals surface area contributed by atoms with Crippen LogP contribution >= 0.6 is 0 Å². The van der Waals surface area contributed by atoms with Crippen LogP contribution in [0.2, 0.25) is 0 Å². The van der Waals surface area contributed by atoms with E-state index >= 15 is 0 Å². The van der Waals surface area contributed by atoms with Crippen LogP contribution in [0.25, 0.3) is 22.5 Å². The van der Waals surface area contributed by atoms with Crippen LogP contribution in [-0.2, 0) is 0 Å². The number of hydrogen-bond donors (Lipinski definition) is 0. The van der Waals surface area contributed by atoms with Crippen LogP contribution in [0.3, 0.4) is 0 Å². The van der Waals surface area contributed by atoms with Gasteiger partial charge in [-0.3, -0.25) is 4.98 Å². The molecule has 0 amide bonds. The van der Waals surface area contributed by atoms with Gasteiger partial charge < -0.3 is 4.90 Å². The van der Waals surface area contributed by atoms with Crippen molar-refractivity contribution >= 4 is 5.82 Å². The van der Waals surface area contributed by atoms with Gasteiger partial charge in [-0.1, -0.05) is 36.4 Å². The Morgan fingerprint density at radius 2 is 1.52 bits per heavy atom. The fraction of sp³-hybridized carbons (Fsp3) is 0.200. The van der Waals surface area contributed by atoms with Crippen LogP contribution in [0.5, 0.6) is 0 Å². The molecule has 1 aliphatic heterocycles. The lowest BCUT2D eigenvalue weighted by molar-refractivity contribution is 0.940. The number of pyridine rings is 2. The molecule has 1 aromatic carbocycles. The number of rotatable bonds is 3. The van der Waals surface area contributed by atoms with E-state index in [1.165, 1.54) is 24.0 Å². The summed E-state index contributed by atoms with van der Waals surface area (Å²) in [5.41, 5.74) is 4.28.